The average molecular weight is 463 g/mol. The van der Waals surface area contributed by atoms with E-state index in [-0.39, 0.29) is 22.1 Å². The fourth-order valence-electron chi connectivity index (χ4n) is 4.49. The number of thiocarbonyl (C=S) groups is 1. The van der Waals surface area contributed by atoms with Gasteiger partial charge in [-0.05, 0) is 43.7 Å². The zero-order chi connectivity index (χ0) is 22.0. The van der Waals surface area contributed by atoms with Crippen molar-refractivity contribution in [2.75, 3.05) is 13.2 Å². The zero-order valence-electron chi connectivity index (χ0n) is 17.3. The lowest BCUT2D eigenvalue weighted by atomic mass is 9.91. The van der Waals surface area contributed by atoms with Crippen molar-refractivity contribution in [1.29, 1.82) is 0 Å². The molecule has 166 valence electrons. The van der Waals surface area contributed by atoms with Crippen molar-refractivity contribution in [2.45, 2.75) is 42.7 Å². The summed E-state index contributed by atoms with van der Waals surface area (Å²) in [5.74, 6) is 0.585. The van der Waals surface area contributed by atoms with Crippen molar-refractivity contribution in [3.63, 3.8) is 0 Å². The summed E-state index contributed by atoms with van der Waals surface area (Å²) in [5.41, 5.74) is 7.38. The van der Waals surface area contributed by atoms with Crippen LogP contribution in [0.25, 0.3) is 0 Å². The molecule has 9 nitrogen and oxygen atoms in total. The maximum atomic E-state index is 12.6. The Bertz CT molecular complexity index is 1100. The normalized spacial score (nSPS) is 22.1. The summed E-state index contributed by atoms with van der Waals surface area (Å²) < 4.78 is 35.3. The summed E-state index contributed by atoms with van der Waals surface area (Å²) in [7, 11) is -1.90. The molecule has 3 heterocycles. The van der Waals surface area contributed by atoms with E-state index < -0.39 is 10.0 Å². The largest absolute Gasteiger partial charge is 0.493 e. The molecule has 0 spiro atoms. The number of aromatic nitrogens is 2. The van der Waals surface area contributed by atoms with Crippen LogP contribution in [0.15, 0.2) is 40.4 Å². The maximum absolute atomic E-state index is 12.6. The van der Waals surface area contributed by atoms with E-state index in [0.29, 0.717) is 12.4 Å². The molecule has 11 heteroatoms. The Hall–Kier alpha value is -2.50. The highest BCUT2D eigenvalue weighted by molar-refractivity contribution is 7.91. The quantitative estimate of drug-likeness (QED) is 0.406. The summed E-state index contributed by atoms with van der Waals surface area (Å²) in [4.78, 5) is 6.17. The summed E-state index contributed by atoms with van der Waals surface area (Å²) in [6.07, 6.45) is 7.02. The number of hydrogen-bond acceptors (Lipinski definition) is 6. The van der Waals surface area contributed by atoms with E-state index in [1.165, 1.54) is 12.1 Å². The van der Waals surface area contributed by atoms with Gasteiger partial charge in [-0.2, -0.15) is 5.10 Å². The number of rotatable bonds is 4. The standard InChI is InChI=1S/C20H26N6O3S2/c1-25-17(7-9-23-25)18-4-2-3-10-26(18)16-8-11-29-19-12-14(5-6-15(16)19)31(27,28)24-20(30)22-13-21/h5-7,9,12-13,16,18H,2-4,8,10-11H2,1H3,(H3,21,22,24,30)/t16?,18-/m0/s1. The molecule has 0 radical (unpaired) electrons. The Morgan fingerprint density at radius 2 is 2.16 bits per heavy atom. The number of piperidine rings is 1. The van der Waals surface area contributed by atoms with Crippen molar-refractivity contribution >= 4 is 33.7 Å². The van der Waals surface area contributed by atoms with E-state index in [1.807, 2.05) is 24.0 Å². The van der Waals surface area contributed by atoms with Gasteiger partial charge < -0.3 is 10.5 Å². The van der Waals surface area contributed by atoms with E-state index in [0.717, 1.165) is 37.7 Å². The van der Waals surface area contributed by atoms with Gasteiger partial charge in [0.2, 0.25) is 5.11 Å². The van der Waals surface area contributed by atoms with Crippen molar-refractivity contribution in [2.24, 2.45) is 17.8 Å². The van der Waals surface area contributed by atoms with Gasteiger partial charge in [0.05, 0.1) is 29.6 Å². The molecule has 31 heavy (non-hydrogen) atoms. The minimum absolute atomic E-state index is 0.0725. The van der Waals surface area contributed by atoms with Crippen molar-refractivity contribution in [1.82, 2.24) is 19.4 Å². The van der Waals surface area contributed by atoms with Crippen LogP contribution in [0.2, 0.25) is 0 Å². The number of fused-ring (bicyclic) bond motifs is 1. The fraction of sp³-hybridized carbons (Fsp3) is 0.450. The van der Waals surface area contributed by atoms with Crippen molar-refractivity contribution in [3.05, 3.63) is 41.7 Å². The number of nitrogens with zero attached hydrogens (tertiary/aromatic N) is 4. The summed E-state index contributed by atoms with van der Waals surface area (Å²) in [5, 5.41) is 4.14. The first-order chi connectivity index (χ1) is 14.9. The first-order valence-corrected chi connectivity index (χ1v) is 12.1. The highest BCUT2D eigenvalue weighted by atomic mass is 32.2. The lowest BCUT2D eigenvalue weighted by Crippen LogP contribution is -2.39. The number of aryl methyl sites for hydroxylation is 1. The molecule has 1 aromatic carbocycles. The highest BCUT2D eigenvalue weighted by Gasteiger charge is 2.35. The Kier molecular flexibility index (Phi) is 6.26. The monoisotopic (exact) mass is 462 g/mol. The lowest BCUT2D eigenvalue weighted by Gasteiger charge is -2.43. The minimum atomic E-state index is -3.88. The van der Waals surface area contributed by atoms with Crippen LogP contribution < -0.4 is 15.2 Å². The molecule has 1 fully saturated rings. The number of ether oxygens (including phenoxy) is 1. The SMILES string of the molecule is Cn1nccc1[C@@H]1CCCCN1C1CCOc2cc(S(=O)(=O)NC(=S)N=CN)ccc21. The van der Waals surface area contributed by atoms with Crippen molar-refractivity contribution in [3.8, 4) is 5.75 Å². The van der Waals surface area contributed by atoms with Crippen LogP contribution in [0.4, 0.5) is 0 Å². The molecule has 0 bridgehead atoms. The third-order valence-electron chi connectivity index (χ3n) is 5.86. The lowest BCUT2D eigenvalue weighted by molar-refractivity contribution is 0.0629. The number of hydrogen-bond donors (Lipinski definition) is 2. The third kappa shape index (κ3) is 4.43. The van der Waals surface area contributed by atoms with Gasteiger partial charge >= 0.3 is 0 Å². The second-order valence-electron chi connectivity index (χ2n) is 7.67. The van der Waals surface area contributed by atoms with Crippen LogP contribution in [0.3, 0.4) is 0 Å². The number of likely N-dealkylation sites (tertiary alicyclic amines) is 1. The number of nitrogens with one attached hydrogen (secondary N) is 1. The van der Waals surface area contributed by atoms with Crippen LogP contribution in [0.5, 0.6) is 5.75 Å². The molecule has 1 aromatic heterocycles. The molecule has 2 aromatic rings. The number of benzene rings is 1. The van der Waals surface area contributed by atoms with E-state index in [2.05, 4.69) is 25.8 Å². The molecule has 2 atom stereocenters. The highest BCUT2D eigenvalue weighted by Crippen LogP contribution is 2.43. The predicted octanol–water partition coefficient (Wildman–Crippen LogP) is 2.02. The van der Waals surface area contributed by atoms with E-state index in [9.17, 15) is 8.42 Å². The zero-order valence-corrected chi connectivity index (χ0v) is 18.9. The first kappa shape index (κ1) is 21.7. The molecule has 0 amide bonds. The van der Waals surface area contributed by atoms with Crippen LogP contribution >= 0.6 is 12.2 Å². The first-order valence-electron chi connectivity index (χ1n) is 10.2. The number of nitrogens with two attached hydrogens (primary N) is 1. The van der Waals surface area contributed by atoms with E-state index in [1.54, 1.807) is 12.1 Å². The molecule has 2 aliphatic heterocycles. The van der Waals surface area contributed by atoms with Crippen LogP contribution in [0, 0.1) is 0 Å². The second-order valence-corrected chi connectivity index (χ2v) is 9.74. The smallest absolute Gasteiger partial charge is 0.263 e. The molecular weight excluding hydrogens is 436 g/mol. The fourth-order valence-corrected chi connectivity index (χ4v) is 5.79. The van der Waals surface area contributed by atoms with Gasteiger partial charge in [0.15, 0.2) is 0 Å². The number of aliphatic imine (C=N–C) groups is 1. The van der Waals surface area contributed by atoms with E-state index in [4.69, 9.17) is 22.7 Å². The van der Waals surface area contributed by atoms with Gasteiger partial charge in [0.25, 0.3) is 10.0 Å². The Morgan fingerprint density at radius 1 is 1.32 bits per heavy atom. The molecule has 0 aliphatic carbocycles. The molecule has 1 unspecified atom stereocenters. The molecule has 4 rings (SSSR count). The van der Waals surface area contributed by atoms with Gasteiger partial charge in [-0.25, -0.2) is 13.4 Å². The van der Waals surface area contributed by atoms with Crippen LogP contribution in [-0.4, -0.2) is 47.7 Å². The molecular formula is C20H26N6O3S2. The van der Waals surface area contributed by atoms with E-state index >= 15 is 0 Å². The van der Waals surface area contributed by atoms with Gasteiger partial charge in [0.1, 0.15) is 5.75 Å². The Morgan fingerprint density at radius 3 is 2.90 bits per heavy atom. The maximum Gasteiger partial charge on any atom is 0.263 e. The number of sulfonamides is 1. The Balaban J connectivity index is 1.64. The molecule has 1 saturated heterocycles. The van der Waals surface area contributed by atoms with Crippen LogP contribution in [0.1, 0.15) is 49.0 Å². The van der Waals surface area contributed by atoms with Gasteiger partial charge in [0, 0.05) is 37.3 Å². The van der Waals surface area contributed by atoms with Gasteiger partial charge in [-0.15, -0.1) is 0 Å². The second kappa shape index (κ2) is 8.93. The summed E-state index contributed by atoms with van der Waals surface area (Å²) in [6.45, 7) is 1.51. The molecule has 3 N–H and O–H groups in total. The van der Waals surface area contributed by atoms with Crippen molar-refractivity contribution < 1.29 is 13.2 Å². The topological polar surface area (TPSA) is 115 Å². The average Bonchev–Trinajstić information content (AvgIpc) is 3.18. The summed E-state index contributed by atoms with van der Waals surface area (Å²) >= 11 is 4.88. The molecule has 0 saturated carbocycles. The Labute approximate surface area is 187 Å². The van der Waals surface area contributed by atoms with Crippen LogP contribution in [-0.2, 0) is 17.1 Å². The molecule has 2 aliphatic rings. The van der Waals surface area contributed by atoms with Gasteiger partial charge in [-0.1, -0.05) is 12.5 Å². The minimum Gasteiger partial charge on any atom is -0.493 e. The van der Waals surface area contributed by atoms with Gasteiger partial charge in [-0.3, -0.25) is 14.3 Å². The predicted molar refractivity (Wildman–Crippen MR) is 121 cm³/mol. The third-order valence-corrected chi connectivity index (χ3v) is 7.53. The summed E-state index contributed by atoms with van der Waals surface area (Å²) in [6, 6.07) is 7.49.